The molecular weight excluding hydrogens is 341 g/mol. The average Bonchev–Trinajstić information content (AvgIpc) is 2.53. The van der Waals surface area contributed by atoms with Crippen molar-refractivity contribution in [3.05, 3.63) is 33.8 Å². The molecule has 0 bridgehead atoms. The van der Waals surface area contributed by atoms with E-state index in [0.29, 0.717) is 5.02 Å². The van der Waals surface area contributed by atoms with Gasteiger partial charge in [-0.3, -0.25) is 14.9 Å². The highest BCUT2D eigenvalue weighted by atomic mass is 35.5. The summed E-state index contributed by atoms with van der Waals surface area (Å²) in [6.45, 7) is -0.531. The van der Waals surface area contributed by atoms with Gasteiger partial charge < -0.3 is 4.74 Å². The fourth-order valence-electron chi connectivity index (χ4n) is 2.50. The molecule has 0 radical (unpaired) electrons. The van der Waals surface area contributed by atoms with Gasteiger partial charge in [0.2, 0.25) is 5.91 Å². The van der Waals surface area contributed by atoms with Gasteiger partial charge in [0, 0.05) is 10.9 Å². The predicted octanol–water partition coefficient (Wildman–Crippen LogP) is 3.37. The first kappa shape index (κ1) is 17.8. The van der Waals surface area contributed by atoms with Crippen LogP contribution in [0.5, 0.6) is 0 Å². The number of carbonyl (C=O) groups is 3. The van der Waals surface area contributed by atoms with Crippen LogP contribution in [0.3, 0.4) is 0 Å². The van der Waals surface area contributed by atoms with E-state index in [0.717, 1.165) is 32.1 Å². The van der Waals surface area contributed by atoms with E-state index in [2.05, 4.69) is 5.32 Å². The van der Waals surface area contributed by atoms with Crippen molar-refractivity contribution in [1.29, 1.82) is 0 Å². The molecule has 2 rings (SSSR count). The zero-order valence-electron chi connectivity index (χ0n) is 12.4. The Labute approximate surface area is 144 Å². The average molecular weight is 358 g/mol. The minimum Gasteiger partial charge on any atom is -0.452 e. The van der Waals surface area contributed by atoms with Crippen molar-refractivity contribution in [2.24, 2.45) is 5.92 Å². The lowest BCUT2D eigenvalue weighted by Gasteiger charge is -2.20. The molecule has 1 fully saturated rings. The summed E-state index contributed by atoms with van der Waals surface area (Å²) in [6, 6.07) is 4.32. The quantitative estimate of drug-likeness (QED) is 0.838. The largest absolute Gasteiger partial charge is 0.452 e. The lowest BCUT2D eigenvalue weighted by molar-refractivity contribution is -0.135. The number of hydrogen-bond donors (Lipinski definition) is 1. The summed E-state index contributed by atoms with van der Waals surface area (Å²) in [7, 11) is 0. The Morgan fingerprint density at radius 2 is 1.83 bits per heavy atom. The molecule has 1 saturated carbocycles. The summed E-state index contributed by atoms with van der Waals surface area (Å²) in [5, 5.41) is 2.80. The Morgan fingerprint density at radius 1 is 1.13 bits per heavy atom. The SMILES string of the molecule is O=C(COC(=O)c1ccc(Cl)cc1Cl)NC(=O)C1CCCCC1. The Morgan fingerprint density at radius 3 is 2.48 bits per heavy atom. The van der Waals surface area contributed by atoms with Gasteiger partial charge in [0.05, 0.1) is 10.6 Å². The van der Waals surface area contributed by atoms with Crippen LogP contribution in [0.4, 0.5) is 0 Å². The minimum atomic E-state index is -0.744. The number of benzene rings is 1. The first-order valence-corrected chi connectivity index (χ1v) is 8.19. The fraction of sp³-hybridized carbons (Fsp3) is 0.438. The molecular formula is C16H17Cl2NO4. The van der Waals surface area contributed by atoms with Crippen LogP contribution >= 0.6 is 23.2 Å². The number of hydrogen-bond acceptors (Lipinski definition) is 4. The Hall–Kier alpha value is -1.59. The van der Waals surface area contributed by atoms with Crippen LogP contribution in [0.2, 0.25) is 10.0 Å². The Balaban J connectivity index is 1.81. The molecule has 0 saturated heterocycles. The summed E-state index contributed by atoms with van der Waals surface area (Å²) >= 11 is 11.6. The summed E-state index contributed by atoms with van der Waals surface area (Å²) in [5.41, 5.74) is 0.113. The molecule has 124 valence electrons. The van der Waals surface area contributed by atoms with Crippen molar-refractivity contribution in [1.82, 2.24) is 5.32 Å². The fourth-order valence-corrected chi connectivity index (χ4v) is 2.99. The monoisotopic (exact) mass is 357 g/mol. The molecule has 0 atom stereocenters. The normalized spacial score (nSPS) is 15.0. The van der Waals surface area contributed by atoms with E-state index in [-0.39, 0.29) is 22.4 Å². The maximum Gasteiger partial charge on any atom is 0.340 e. The first-order chi connectivity index (χ1) is 11.0. The highest BCUT2D eigenvalue weighted by molar-refractivity contribution is 6.36. The van der Waals surface area contributed by atoms with Gasteiger partial charge in [0.15, 0.2) is 6.61 Å². The van der Waals surface area contributed by atoms with E-state index in [9.17, 15) is 14.4 Å². The third kappa shape index (κ3) is 5.22. The number of halogens is 2. The molecule has 1 N–H and O–H groups in total. The second-order valence-electron chi connectivity index (χ2n) is 5.45. The van der Waals surface area contributed by atoms with E-state index >= 15 is 0 Å². The standard InChI is InChI=1S/C16H17Cl2NO4/c17-11-6-7-12(13(18)8-11)16(22)23-9-14(20)19-15(21)10-4-2-1-3-5-10/h6-8,10H,1-5,9H2,(H,19,20,21). The first-order valence-electron chi connectivity index (χ1n) is 7.43. The summed E-state index contributed by atoms with van der Waals surface area (Å²) in [5.74, 6) is -1.81. The van der Waals surface area contributed by atoms with E-state index in [4.69, 9.17) is 27.9 Å². The molecule has 2 amide bonds. The maximum atomic E-state index is 11.9. The van der Waals surface area contributed by atoms with E-state index < -0.39 is 18.5 Å². The van der Waals surface area contributed by atoms with Gasteiger partial charge in [-0.05, 0) is 31.0 Å². The molecule has 0 aliphatic heterocycles. The van der Waals surface area contributed by atoms with Gasteiger partial charge in [0.25, 0.3) is 5.91 Å². The molecule has 0 aromatic heterocycles. The lowest BCUT2D eigenvalue weighted by atomic mass is 9.89. The number of rotatable bonds is 4. The molecule has 1 aromatic carbocycles. The lowest BCUT2D eigenvalue weighted by Crippen LogP contribution is -2.38. The molecule has 23 heavy (non-hydrogen) atoms. The molecule has 0 spiro atoms. The number of ether oxygens (including phenoxy) is 1. The van der Waals surface area contributed by atoms with Crippen molar-refractivity contribution in [3.8, 4) is 0 Å². The van der Waals surface area contributed by atoms with Crippen LogP contribution in [0.25, 0.3) is 0 Å². The van der Waals surface area contributed by atoms with E-state index in [1.807, 2.05) is 0 Å². The van der Waals surface area contributed by atoms with Crippen molar-refractivity contribution < 1.29 is 19.1 Å². The van der Waals surface area contributed by atoms with Gasteiger partial charge in [-0.1, -0.05) is 42.5 Å². The molecule has 0 heterocycles. The van der Waals surface area contributed by atoms with Crippen molar-refractivity contribution in [2.75, 3.05) is 6.61 Å². The number of imide groups is 1. The van der Waals surface area contributed by atoms with Crippen molar-refractivity contribution in [3.63, 3.8) is 0 Å². The maximum absolute atomic E-state index is 11.9. The Bertz CT molecular complexity index is 612. The second-order valence-corrected chi connectivity index (χ2v) is 6.29. The van der Waals surface area contributed by atoms with Crippen LogP contribution in [0, 0.1) is 5.92 Å². The van der Waals surface area contributed by atoms with Crippen molar-refractivity contribution >= 4 is 41.0 Å². The Kier molecular flexibility index (Phi) is 6.42. The zero-order valence-corrected chi connectivity index (χ0v) is 14.0. The molecule has 1 aromatic rings. The summed E-state index contributed by atoms with van der Waals surface area (Å²) in [4.78, 5) is 35.5. The zero-order chi connectivity index (χ0) is 16.8. The smallest absolute Gasteiger partial charge is 0.340 e. The molecule has 1 aliphatic carbocycles. The van der Waals surface area contributed by atoms with Crippen LogP contribution < -0.4 is 5.32 Å². The van der Waals surface area contributed by atoms with Crippen LogP contribution in [0.15, 0.2) is 18.2 Å². The summed E-state index contributed by atoms with van der Waals surface area (Å²) in [6.07, 6.45) is 4.70. The predicted molar refractivity (Wildman–Crippen MR) is 86.5 cm³/mol. The second kappa shape index (κ2) is 8.31. The van der Waals surface area contributed by atoms with Gasteiger partial charge in [0.1, 0.15) is 0 Å². The summed E-state index contributed by atoms with van der Waals surface area (Å²) < 4.78 is 4.87. The van der Waals surface area contributed by atoms with E-state index in [1.54, 1.807) is 0 Å². The van der Waals surface area contributed by atoms with Crippen LogP contribution in [-0.2, 0) is 14.3 Å². The van der Waals surface area contributed by atoms with Crippen LogP contribution in [-0.4, -0.2) is 24.4 Å². The molecule has 1 aliphatic rings. The highest BCUT2D eigenvalue weighted by Crippen LogP contribution is 2.23. The number of amides is 2. The highest BCUT2D eigenvalue weighted by Gasteiger charge is 2.23. The third-order valence-electron chi connectivity index (χ3n) is 3.72. The van der Waals surface area contributed by atoms with Gasteiger partial charge in [-0.2, -0.15) is 0 Å². The number of nitrogens with one attached hydrogen (secondary N) is 1. The number of esters is 1. The number of carbonyl (C=O) groups excluding carboxylic acids is 3. The molecule has 5 nitrogen and oxygen atoms in total. The van der Waals surface area contributed by atoms with Crippen molar-refractivity contribution in [2.45, 2.75) is 32.1 Å². The topological polar surface area (TPSA) is 72.5 Å². The minimum absolute atomic E-state index is 0.113. The third-order valence-corrected chi connectivity index (χ3v) is 4.27. The van der Waals surface area contributed by atoms with E-state index in [1.165, 1.54) is 18.2 Å². The van der Waals surface area contributed by atoms with Gasteiger partial charge in [-0.25, -0.2) is 4.79 Å². The van der Waals surface area contributed by atoms with Gasteiger partial charge >= 0.3 is 5.97 Å². The van der Waals surface area contributed by atoms with Crippen LogP contribution in [0.1, 0.15) is 42.5 Å². The molecule has 0 unspecified atom stereocenters. The van der Waals surface area contributed by atoms with Gasteiger partial charge in [-0.15, -0.1) is 0 Å². The molecule has 7 heteroatoms.